The zero-order chi connectivity index (χ0) is 27.2. The van der Waals surface area contributed by atoms with Crippen molar-refractivity contribution < 1.29 is 35.9 Å². The van der Waals surface area contributed by atoms with Crippen LogP contribution >= 0.6 is 0 Å². The quantitative estimate of drug-likeness (QED) is 0.347. The maximum absolute atomic E-state index is 14.2. The van der Waals surface area contributed by atoms with Crippen LogP contribution in [-0.2, 0) is 17.1 Å². The van der Waals surface area contributed by atoms with Gasteiger partial charge in [-0.05, 0) is 37.1 Å². The number of carbonyl (C=O) groups is 1. The monoisotopic (exact) mass is 537 g/mol. The Labute approximate surface area is 209 Å². The first kappa shape index (κ1) is 25.4. The number of amides is 1. The smallest absolute Gasteiger partial charge is 0.372 e. The Balaban J connectivity index is 1.55. The summed E-state index contributed by atoms with van der Waals surface area (Å²) in [7, 11) is 0. The molecule has 198 valence electrons. The summed E-state index contributed by atoms with van der Waals surface area (Å²) >= 11 is 0. The van der Waals surface area contributed by atoms with Gasteiger partial charge < -0.3 is 15.0 Å². The summed E-state index contributed by atoms with van der Waals surface area (Å²) in [4.78, 5) is 31.2. The second kappa shape index (κ2) is 9.28. The number of benzene rings is 1. The van der Waals surface area contributed by atoms with Gasteiger partial charge in [0.2, 0.25) is 0 Å². The van der Waals surface area contributed by atoms with Crippen molar-refractivity contribution in [2.45, 2.75) is 31.3 Å². The van der Waals surface area contributed by atoms with Crippen molar-refractivity contribution in [3.05, 3.63) is 81.8 Å². The first-order valence-electron chi connectivity index (χ1n) is 11.2. The number of rotatable bonds is 4. The van der Waals surface area contributed by atoms with E-state index in [1.807, 2.05) is 0 Å². The number of fused-ring (bicyclic) bond motifs is 1. The molecule has 2 N–H and O–H groups in total. The van der Waals surface area contributed by atoms with Crippen molar-refractivity contribution in [1.29, 1.82) is 0 Å². The molecule has 1 unspecified atom stereocenters. The van der Waals surface area contributed by atoms with Crippen LogP contribution in [0.25, 0.3) is 16.5 Å². The number of aromatic amines is 1. The molecule has 5 rings (SSSR count). The Hall–Kier alpha value is -4.20. The fourth-order valence-electron chi connectivity index (χ4n) is 4.38. The Morgan fingerprint density at radius 3 is 2.55 bits per heavy atom. The zero-order valence-corrected chi connectivity index (χ0v) is 19.2. The summed E-state index contributed by atoms with van der Waals surface area (Å²) in [6.45, 7) is 0.275. The van der Waals surface area contributed by atoms with Crippen LogP contribution in [0.2, 0.25) is 0 Å². The van der Waals surface area contributed by atoms with Gasteiger partial charge in [-0.2, -0.15) is 31.4 Å². The number of hydrogen-bond acceptors (Lipinski definition) is 5. The number of hydrogen-bond donors (Lipinski definition) is 2. The first-order valence-corrected chi connectivity index (χ1v) is 11.2. The highest BCUT2D eigenvalue weighted by Gasteiger charge is 2.41. The molecule has 0 spiro atoms. The highest BCUT2D eigenvalue weighted by molar-refractivity contribution is 6.05. The largest absolute Gasteiger partial charge is 0.434 e. The summed E-state index contributed by atoms with van der Waals surface area (Å²) in [5.74, 6) is -1.35. The summed E-state index contributed by atoms with van der Waals surface area (Å²) in [5.41, 5.74) is -5.04. The van der Waals surface area contributed by atoms with E-state index < -0.39 is 52.4 Å². The normalized spacial score (nSPS) is 16.2. The average molecular weight is 537 g/mol. The molecule has 1 amide bonds. The zero-order valence-electron chi connectivity index (χ0n) is 19.2. The minimum Gasteiger partial charge on any atom is -0.372 e. The number of anilines is 1. The average Bonchev–Trinajstić information content (AvgIpc) is 3.54. The molecular weight excluding hydrogens is 520 g/mol. The SMILES string of the molecule is O=C(Nc1cnc(C2CCCO2)c(C(F)(F)F)c1)c1cnn(-c2cccc3c(=O)[nH]ccc23)c1C(F)(F)F. The number of nitrogens with one attached hydrogen (secondary N) is 2. The molecule has 8 nitrogen and oxygen atoms in total. The Morgan fingerprint density at radius 1 is 1.08 bits per heavy atom. The second-order valence-electron chi connectivity index (χ2n) is 8.47. The van der Waals surface area contributed by atoms with Crippen LogP contribution in [0.3, 0.4) is 0 Å². The van der Waals surface area contributed by atoms with Gasteiger partial charge in [0.05, 0.1) is 40.6 Å². The van der Waals surface area contributed by atoms with Crippen molar-refractivity contribution in [1.82, 2.24) is 19.7 Å². The summed E-state index contributed by atoms with van der Waals surface area (Å²) in [5, 5.41) is 6.03. The van der Waals surface area contributed by atoms with Crippen molar-refractivity contribution in [3.8, 4) is 5.69 Å². The number of aromatic nitrogens is 4. The molecule has 0 saturated carbocycles. The van der Waals surface area contributed by atoms with Gasteiger partial charge in [-0.1, -0.05) is 6.07 Å². The predicted octanol–water partition coefficient (Wildman–Crippen LogP) is 5.25. The van der Waals surface area contributed by atoms with Crippen molar-refractivity contribution in [2.75, 3.05) is 11.9 Å². The van der Waals surface area contributed by atoms with E-state index in [0.717, 1.165) is 6.20 Å². The van der Waals surface area contributed by atoms with Crippen LogP contribution in [0.1, 0.15) is 46.3 Å². The number of alkyl halides is 6. The van der Waals surface area contributed by atoms with Crippen molar-refractivity contribution in [3.63, 3.8) is 0 Å². The summed E-state index contributed by atoms with van der Waals surface area (Å²) in [6, 6.07) is 6.04. The molecular formula is C24H17F6N5O3. The van der Waals surface area contributed by atoms with Crippen molar-refractivity contribution in [2.24, 2.45) is 0 Å². The molecule has 0 bridgehead atoms. The van der Waals surface area contributed by atoms with Gasteiger partial charge in [0.25, 0.3) is 11.5 Å². The van der Waals surface area contributed by atoms with Gasteiger partial charge in [0, 0.05) is 23.6 Å². The second-order valence-corrected chi connectivity index (χ2v) is 8.47. The van der Waals surface area contributed by atoms with E-state index in [9.17, 15) is 35.9 Å². The van der Waals surface area contributed by atoms with E-state index in [-0.39, 0.29) is 28.8 Å². The molecule has 4 aromatic rings. The topological polar surface area (TPSA) is 102 Å². The minimum absolute atomic E-state index is 0.0942. The third kappa shape index (κ3) is 4.62. The molecule has 1 aliphatic rings. The number of carbonyl (C=O) groups excluding carboxylic acids is 1. The highest BCUT2D eigenvalue weighted by atomic mass is 19.4. The summed E-state index contributed by atoms with van der Waals surface area (Å²) in [6.07, 6.45) is -7.09. The molecule has 3 aromatic heterocycles. The maximum atomic E-state index is 14.2. The molecule has 1 saturated heterocycles. The molecule has 14 heteroatoms. The number of pyridine rings is 2. The third-order valence-electron chi connectivity index (χ3n) is 6.02. The van der Waals surface area contributed by atoms with Crippen LogP contribution < -0.4 is 10.9 Å². The summed E-state index contributed by atoms with van der Waals surface area (Å²) < 4.78 is 89.4. The van der Waals surface area contributed by atoms with Gasteiger partial charge in [-0.25, -0.2) is 4.68 Å². The lowest BCUT2D eigenvalue weighted by atomic mass is 10.1. The first-order chi connectivity index (χ1) is 17.9. The molecule has 1 aliphatic heterocycles. The molecule has 38 heavy (non-hydrogen) atoms. The standard InChI is InChI=1S/C24H17F6N5O3/c25-23(26,27)16-9-12(10-32-19(16)18-5-2-8-38-18)34-22(37)15-11-33-35(20(15)24(28,29)30)17-4-1-3-14-13(17)6-7-31-21(14)36/h1,3-4,6-7,9-11,18H,2,5,8H2,(H,31,36)(H,34,37). The number of nitrogens with zero attached hydrogens (tertiary/aromatic N) is 3. The van der Waals surface area contributed by atoms with Gasteiger partial charge in [0.15, 0.2) is 5.69 Å². The fourth-order valence-corrected chi connectivity index (χ4v) is 4.38. The number of ether oxygens (including phenoxy) is 1. The molecule has 1 atom stereocenters. The van der Waals surface area contributed by atoms with Gasteiger partial charge in [-0.3, -0.25) is 14.6 Å². The lowest BCUT2D eigenvalue weighted by molar-refractivity contribution is -0.143. The Kier molecular flexibility index (Phi) is 6.21. The molecule has 4 heterocycles. The predicted molar refractivity (Wildman–Crippen MR) is 122 cm³/mol. The molecule has 0 aliphatic carbocycles. The Bertz CT molecular complexity index is 1590. The third-order valence-corrected chi connectivity index (χ3v) is 6.02. The highest BCUT2D eigenvalue weighted by Crippen LogP contribution is 2.39. The van der Waals surface area contributed by atoms with E-state index in [2.05, 4.69) is 20.4 Å². The van der Waals surface area contributed by atoms with Crippen LogP contribution in [0.15, 0.2) is 53.7 Å². The van der Waals surface area contributed by atoms with E-state index in [1.54, 1.807) is 0 Å². The Morgan fingerprint density at radius 2 is 1.87 bits per heavy atom. The van der Waals surface area contributed by atoms with E-state index in [4.69, 9.17) is 4.74 Å². The van der Waals surface area contributed by atoms with E-state index >= 15 is 0 Å². The van der Waals surface area contributed by atoms with Crippen molar-refractivity contribution >= 4 is 22.4 Å². The van der Waals surface area contributed by atoms with Gasteiger partial charge in [-0.15, -0.1) is 0 Å². The van der Waals surface area contributed by atoms with E-state index in [0.29, 0.717) is 29.8 Å². The molecule has 1 aromatic carbocycles. The number of halogens is 6. The fraction of sp³-hybridized carbons (Fsp3) is 0.250. The van der Waals surface area contributed by atoms with Crippen LogP contribution in [0, 0.1) is 0 Å². The minimum atomic E-state index is -5.09. The van der Waals surface area contributed by atoms with Crippen LogP contribution in [0.5, 0.6) is 0 Å². The lowest BCUT2D eigenvalue weighted by Gasteiger charge is -2.18. The van der Waals surface area contributed by atoms with Gasteiger partial charge in [0.1, 0.15) is 6.10 Å². The molecule has 1 fully saturated rings. The maximum Gasteiger partial charge on any atom is 0.434 e. The molecule has 0 radical (unpaired) electrons. The lowest BCUT2D eigenvalue weighted by Crippen LogP contribution is -2.21. The van der Waals surface area contributed by atoms with Crippen LogP contribution in [0.4, 0.5) is 32.0 Å². The van der Waals surface area contributed by atoms with Crippen LogP contribution in [-0.4, -0.2) is 32.3 Å². The van der Waals surface area contributed by atoms with E-state index in [1.165, 1.54) is 30.5 Å². The van der Waals surface area contributed by atoms with Gasteiger partial charge >= 0.3 is 12.4 Å². The number of H-pyrrole nitrogens is 1.